The topological polar surface area (TPSA) is 9.23 Å². The van der Waals surface area contributed by atoms with Gasteiger partial charge in [-0.1, -0.05) is 0 Å². The van der Waals surface area contributed by atoms with Crippen molar-refractivity contribution in [2.45, 2.75) is 42.0 Å². The van der Waals surface area contributed by atoms with E-state index in [9.17, 15) is 0 Å². The molecular weight excluding hydrogens is 202 g/mol. The number of hydrogen-bond donors (Lipinski definition) is 0. The molecule has 2 heterocycles. The van der Waals surface area contributed by atoms with E-state index in [0.29, 0.717) is 10.7 Å². The van der Waals surface area contributed by atoms with Gasteiger partial charge in [-0.3, -0.25) is 0 Å². The van der Waals surface area contributed by atoms with Crippen molar-refractivity contribution in [3.8, 4) is 0 Å². The van der Waals surface area contributed by atoms with Crippen LogP contribution in [-0.2, 0) is 4.74 Å². The van der Waals surface area contributed by atoms with Gasteiger partial charge in [0.2, 0.25) is 0 Å². The predicted molar refractivity (Wildman–Crippen MR) is 47.1 cm³/mol. The first-order valence-corrected chi connectivity index (χ1v) is 6.44. The fourth-order valence-corrected chi connectivity index (χ4v) is 5.94. The summed E-state index contributed by atoms with van der Waals surface area (Å²) < 4.78 is 5.80. The average molecular weight is 215 g/mol. The minimum atomic E-state index is 0.0544. The Hall–Kier alpha value is 0.544. The molecule has 0 N–H and O–H groups in total. The summed E-state index contributed by atoms with van der Waals surface area (Å²) in [6.45, 7) is 4.52. The molecule has 2 saturated heterocycles. The average Bonchev–Trinajstić information content (AvgIpc) is 2.42. The van der Waals surface area contributed by atoms with E-state index in [2.05, 4.69) is 13.8 Å². The van der Waals surface area contributed by atoms with Crippen LogP contribution in [0.3, 0.4) is 0 Å². The van der Waals surface area contributed by atoms with Crippen molar-refractivity contribution >= 4 is 22.8 Å². The summed E-state index contributed by atoms with van der Waals surface area (Å²) in [6, 6.07) is 0.0544. The van der Waals surface area contributed by atoms with Crippen LogP contribution in [0.4, 0.5) is 0 Å². The Labute approximate surface area is 75.8 Å². The van der Waals surface area contributed by atoms with Crippen molar-refractivity contribution in [1.82, 2.24) is 0 Å². The van der Waals surface area contributed by atoms with Crippen molar-refractivity contribution in [2.75, 3.05) is 0 Å². The van der Waals surface area contributed by atoms with Crippen molar-refractivity contribution < 1.29 is 4.74 Å². The van der Waals surface area contributed by atoms with E-state index < -0.39 is 0 Å². The first kappa shape index (κ1) is 8.16. The zero-order chi connectivity index (χ0) is 8.06. The van der Waals surface area contributed by atoms with Gasteiger partial charge in [0.25, 0.3) is 0 Å². The summed E-state index contributed by atoms with van der Waals surface area (Å²) in [7, 11) is 5.86. The Morgan fingerprint density at radius 2 is 2.45 bits per heavy atom. The van der Waals surface area contributed by atoms with Crippen LogP contribution in [0.5, 0.6) is 0 Å². The predicted octanol–water partition coefficient (Wildman–Crippen LogP) is 1.22. The van der Waals surface area contributed by atoms with Crippen molar-refractivity contribution in [1.29, 1.82) is 0 Å². The molecule has 1 nitrogen and oxygen atoms in total. The molecule has 2 bridgehead atoms. The third-order valence-corrected chi connectivity index (χ3v) is 6.74. The summed E-state index contributed by atoms with van der Waals surface area (Å²) in [5.74, 6) is 0.711. The van der Waals surface area contributed by atoms with E-state index in [1.54, 1.807) is 0 Å². The van der Waals surface area contributed by atoms with E-state index in [-0.39, 0.29) is 11.6 Å². The molecule has 2 fully saturated rings. The van der Waals surface area contributed by atoms with E-state index in [0.717, 1.165) is 21.4 Å². The number of fused-ring (bicyclic) bond motifs is 2. The molecule has 0 amide bonds. The summed E-state index contributed by atoms with van der Waals surface area (Å²) in [5.41, 5.74) is 0.185. The third-order valence-electron chi connectivity index (χ3n) is 3.14. The molecule has 2 aliphatic rings. The second-order valence-electron chi connectivity index (χ2n) is 3.57. The number of rotatable bonds is 1. The van der Waals surface area contributed by atoms with Gasteiger partial charge < -0.3 is 0 Å². The van der Waals surface area contributed by atoms with E-state index >= 15 is 0 Å². The van der Waals surface area contributed by atoms with Gasteiger partial charge in [-0.25, -0.2) is 0 Å². The molecule has 4 atom stereocenters. The van der Waals surface area contributed by atoms with Gasteiger partial charge in [0.05, 0.1) is 0 Å². The summed E-state index contributed by atoms with van der Waals surface area (Å²) in [5, 5.41) is 1.29. The Morgan fingerprint density at radius 1 is 1.73 bits per heavy atom. The molecule has 0 aliphatic carbocycles. The Balaban J connectivity index is 2.24. The number of hydrogen-bond acceptors (Lipinski definition) is 1. The third kappa shape index (κ3) is 0.945. The quantitative estimate of drug-likeness (QED) is 0.597. The molecule has 2 rings (SSSR count). The zero-order valence-corrected chi connectivity index (χ0v) is 8.75. The fraction of sp³-hybridized carbons (Fsp3) is 1.00. The van der Waals surface area contributed by atoms with Crippen LogP contribution in [0.1, 0.15) is 20.3 Å². The van der Waals surface area contributed by atoms with Gasteiger partial charge in [-0.15, -0.1) is 0 Å². The molecule has 0 aromatic rings. The van der Waals surface area contributed by atoms with E-state index in [1.165, 1.54) is 5.32 Å². The normalized spacial score (nSPS) is 55.3. The number of ether oxygens (including phenoxy) is 1. The monoisotopic (exact) mass is 216 g/mol. The van der Waals surface area contributed by atoms with Crippen molar-refractivity contribution in [2.24, 2.45) is 5.92 Å². The second-order valence-corrected chi connectivity index (χ2v) is 6.01. The second kappa shape index (κ2) is 2.51. The minimum absolute atomic E-state index is 0.0544. The summed E-state index contributed by atoms with van der Waals surface area (Å²) in [6.07, 6.45) is 1.14. The molecule has 0 saturated carbocycles. The maximum atomic E-state index is 5.86. The molecule has 11 heavy (non-hydrogen) atoms. The van der Waals surface area contributed by atoms with E-state index in [1.807, 2.05) is 0 Å². The molecule has 2 radical (unpaired) electrons. The fourth-order valence-electron chi connectivity index (χ4n) is 2.18. The zero-order valence-electron chi connectivity index (χ0n) is 7.04. The van der Waals surface area contributed by atoms with Gasteiger partial charge in [0, 0.05) is 0 Å². The maximum absolute atomic E-state index is 5.86. The molecular formula is C8H13BOSe. The van der Waals surface area contributed by atoms with Gasteiger partial charge >= 0.3 is 75.5 Å². The summed E-state index contributed by atoms with van der Waals surface area (Å²) in [4.78, 5) is 0.697. The van der Waals surface area contributed by atoms with Crippen molar-refractivity contribution in [3.63, 3.8) is 0 Å². The van der Waals surface area contributed by atoms with Crippen molar-refractivity contribution in [3.05, 3.63) is 0 Å². The van der Waals surface area contributed by atoms with Crippen LogP contribution in [0.25, 0.3) is 0 Å². The Kier molecular flexibility index (Phi) is 1.86. The van der Waals surface area contributed by atoms with Gasteiger partial charge in [0.15, 0.2) is 0 Å². The van der Waals surface area contributed by atoms with Crippen LogP contribution in [0, 0.1) is 5.92 Å². The SMILES string of the molecule is [B][C@@H]1O[C@@]2(CC)C[Se]C1[C@H]2C. The molecule has 3 heteroatoms. The van der Waals surface area contributed by atoms with Crippen LogP contribution >= 0.6 is 0 Å². The van der Waals surface area contributed by atoms with Gasteiger partial charge in [-0.05, 0) is 0 Å². The van der Waals surface area contributed by atoms with E-state index in [4.69, 9.17) is 12.6 Å². The van der Waals surface area contributed by atoms with Crippen LogP contribution < -0.4 is 0 Å². The molecule has 0 aromatic carbocycles. The standard InChI is InChI=1S/C8H13BOSe/c1-3-8-4-11-6(5(8)2)7(9)10-8/h5-7H,3-4H2,1-2H3/t5-,6?,7-,8+/m1/s1. The molecule has 0 spiro atoms. The van der Waals surface area contributed by atoms with Crippen LogP contribution in [0.15, 0.2) is 0 Å². The Morgan fingerprint density at radius 3 is 2.73 bits per heavy atom. The Bertz CT molecular complexity index is 175. The van der Waals surface area contributed by atoms with Gasteiger partial charge in [0.1, 0.15) is 0 Å². The summed E-state index contributed by atoms with van der Waals surface area (Å²) >= 11 is 0.743. The van der Waals surface area contributed by atoms with Gasteiger partial charge in [-0.2, -0.15) is 0 Å². The first-order chi connectivity index (χ1) is 5.19. The first-order valence-electron chi connectivity index (χ1n) is 4.24. The molecule has 0 aromatic heterocycles. The van der Waals surface area contributed by atoms with Crippen LogP contribution in [0.2, 0.25) is 10.1 Å². The van der Waals surface area contributed by atoms with Crippen LogP contribution in [-0.4, -0.2) is 34.4 Å². The molecule has 60 valence electrons. The molecule has 1 unspecified atom stereocenters. The molecule has 2 aliphatic heterocycles.